The summed E-state index contributed by atoms with van der Waals surface area (Å²) >= 11 is 6.08. The fourth-order valence-corrected chi connectivity index (χ4v) is 2.73. The van der Waals surface area contributed by atoms with Crippen molar-refractivity contribution in [1.29, 1.82) is 0 Å². The van der Waals surface area contributed by atoms with Crippen molar-refractivity contribution in [3.63, 3.8) is 0 Å². The Morgan fingerprint density at radius 3 is 2.36 bits per heavy atom. The van der Waals surface area contributed by atoms with Crippen LogP contribution in [0.5, 0.6) is 0 Å². The zero-order valence-electron chi connectivity index (χ0n) is 14.6. The highest BCUT2D eigenvalue weighted by atomic mass is 35.5. The Morgan fingerprint density at radius 2 is 1.75 bits per heavy atom. The van der Waals surface area contributed by atoms with Gasteiger partial charge in [0.05, 0.1) is 9.95 Å². The molecule has 0 atom stereocenters. The number of nitro benzene ring substituents is 1. The number of furan rings is 1. The van der Waals surface area contributed by atoms with E-state index in [4.69, 9.17) is 16.0 Å². The van der Waals surface area contributed by atoms with Gasteiger partial charge in [-0.1, -0.05) is 11.6 Å². The molecule has 1 heterocycles. The van der Waals surface area contributed by atoms with Gasteiger partial charge in [-0.2, -0.15) is 0 Å². The minimum atomic E-state index is -0.550. The predicted octanol–water partition coefficient (Wildman–Crippen LogP) is 4.12. The quantitative estimate of drug-likeness (QED) is 0.494. The first-order valence-electron chi connectivity index (χ1n) is 8.06. The maximum absolute atomic E-state index is 12.4. The van der Waals surface area contributed by atoms with Crippen molar-refractivity contribution < 1.29 is 18.9 Å². The van der Waals surface area contributed by atoms with Crippen LogP contribution in [0, 0.1) is 10.1 Å². The Bertz CT molecular complexity index is 1060. The van der Waals surface area contributed by atoms with Gasteiger partial charge in [0.15, 0.2) is 5.76 Å². The number of hydrogen-bond acceptors (Lipinski definition) is 5. The summed E-state index contributed by atoms with van der Waals surface area (Å²) < 4.78 is 5.53. The van der Waals surface area contributed by atoms with Gasteiger partial charge in [-0.3, -0.25) is 19.7 Å². The van der Waals surface area contributed by atoms with E-state index in [1.165, 1.54) is 31.3 Å². The molecule has 0 aliphatic heterocycles. The smallest absolute Gasteiger partial charge is 0.291 e. The summed E-state index contributed by atoms with van der Waals surface area (Å²) in [5, 5.41) is 16.1. The lowest BCUT2D eigenvalue weighted by atomic mass is 10.1. The Kier molecular flexibility index (Phi) is 5.42. The monoisotopic (exact) mass is 399 g/mol. The first-order chi connectivity index (χ1) is 13.4. The number of nitrogens with zero attached hydrogens (tertiary/aromatic N) is 1. The van der Waals surface area contributed by atoms with E-state index in [1.807, 2.05) is 0 Å². The second-order valence-corrected chi connectivity index (χ2v) is 6.10. The number of anilines is 1. The molecule has 0 radical (unpaired) electrons. The summed E-state index contributed by atoms with van der Waals surface area (Å²) in [6, 6.07) is 13.4. The number of benzene rings is 2. The first kappa shape index (κ1) is 19.1. The number of carbonyl (C=O) groups is 2. The third-order valence-electron chi connectivity index (χ3n) is 3.89. The normalized spacial score (nSPS) is 10.4. The summed E-state index contributed by atoms with van der Waals surface area (Å²) in [6.07, 6.45) is 0. The van der Waals surface area contributed by atoms with E-state index in [2.05, 4.69) is 10.6 Å². The minimum absolute atomic E-state index is 0.0415. The van der Waals surface area contributed by atoms with Gasteiger partial charge < -0.3 is 15.1 Å². The lowest BCUT2D eigenvalue weighted by molar-refractivity contribution is -0.384. The average molecular weight is 400 g/mol. The molecule has 0 aliphatic rings. The van der Waals surface area contributed by atoms with Crippen molar-refractivity contribution in [3.8, 4) is 11.3 Å². The molecule has 3 aromatic rings. The van der Waals surface area contributed by atoms with Crippen molar-refractivity contribution in [2.45, 2.75) is 0 Å². The first-order valence-corrected chi connectivity index (χ1v) is 8.44. The van der Waals surface area contributed by atoms with E-state index in [-0.39, 0.29) is 22.4 Å². The molecule has 142 valence electrons. The van der Waals surface area contributed by atoms with Crippen molar-refractivity contribution >= 4 is 34.8 Å². The van der Waals surface area contributed by atoms with Gasteiger partial charge >= 0.3 is 0 Å². The molecule has 0 saturated heterocycles. The summed E-state index contributed by atoms with van der Waals surface area (Å²) in [5.74, 6) is -0.370. The number of rotatable bonds is 5. The van der Waals surface area contributed by atoms with E-state index in [0.29, 0.717) is 22.6 Å². The molecule has 0 aliphatic carbocycles. The van der Waals surface area contributed by atoms with Crippen LogP contribution in [0.2, 0.25) is 5.02 Å². The molecule has 0 bridgehead atoms. The number of hydrogen-bond donors (Lipinski definition) is 2. The maximum atomic E-state index is 12.4. The Hall–Kier alpha value is -3.65. The van der Waals surface area contributed by atoms with E-state index >= 15 is 0 Å². The van der Waals surface area contributed by atoms with Crippen LogP contribution in [0.15, 0.2) is 59.0 Å². The van der Waals surface area contributed by atoms with Gasteiger partial charge in [-0.15, -0.1) is 0 Å². The van der Waals surface area contributed by atoms with Gasteiger partial charge in [0.2, 0.25) is 0 Å². The average Bonchev–Trinajstić information content (AvgIpc) is 3.17. The Balaban J connectivity index is 1.75. The van der Waals surface area contributed by atoms with Crippen LogP contribution in [-0.4, -0.2) is 23.8 Å². The molecule has 2 N–H and O–H groups in total. The molecular weight excluding hydrogens is 386 g/mol. The SMILES string of the molecule is CNC(=O)c1ccc(NC(=O)c2ccc(-c3ccc([N+](=O)[O-])cc3Cl)o2)cc1. The summed E-state index contributed by atoms with van der Waals surface area (Å²) in [4.78, 5) is 34.1. The molecule has 0 unspecified atom stereocenters. The van der Waals surface area contributed by atoms with Crippen molar-refractivity contribution in [1.82, 2.24) is 5.32 Å². The van der Waals surface area contributed by atoms with Crippen molar-refractivity contribution in [2.75, 3.05) is 12.4 Å². The lowest BCUT2D eigenvalue weighted by Gasteiger charge is -2.05. The predicted molar refractivity (Wildman–Crippen MR) is 104 cm³/mol. The molecule has 1 aromatic heterocycles. The van der Waals surface area contributed by atoms with Gasteiger partial charge in [-0.05, 0) is 42.5 Å². The van der Waals surface area contributed by atoms with E-state index in [9.17, 15) is 19.7 Å². The van der Waals surface area contributed by atoms with Gasteiger partial charge in [0.1, 0.15) is 5.76 Å². The van der Waals surface area contributed by atoms with E-state index in [1.54, 1.807) is 30.3 Å². The fourth-order valence-electron chi connectivity index (χ4n) is 2.46. The summed E-state index contributed by atoms with van der Waals surface area (Å²) in [6.45, 7) is 0. The molecule has 28 heavy (non-hydrogen) atoms. The zero-order chi connectivity index (χ0) is 20.3. The molecule has 0 spiro atoms. The highest BCUT2D eigenvalue weighted by Crippen LogP contribution is 2.32. The third kappa shape index (κ3) is 4.02. The number of nitrogens with one attached hydrogen (secondary N) is 2. The number of halogens is 1. The van der Waals surface area contributed by atoms with Crippen LogP contribution in [0.3, 0.4) is 0 Å². The van der Waals surface area contributed by atoms with Crippen LogP contribution in [-0.2, 0) is 0 Å². The van der Waals surface area contributed by atoms with Gasteiger partial charge in [-0.25, -0.2) is 0 Å². The Labute approximate surface area is 164 Å². The van der Waals surface area contributed by atoms with Crippen LogP contribution in [0.1, 0.15) is 20.9 Å². The van der Waals surface area contributed by atoms with Crippen LogP contribution in [0.4, 0.5) is 11.4 Å². The van der Waals surface area contributed by atoms with E-state index in [0.717, 1.165) is 0 Å². The molecule has 2 amide bonds. The molecule has 2 aromatic carbocycles. The van der Waals surface area contributed by atoms with Crippen molar-refractivity contribution in [3.05, 3.63) is 81.1 Å². The molecule has 0 saturated carbocycles. The van der Waals surface area contributed by atoms with Crippen LogP contribution in [0.25, 0.3) is 11.3 Å². The maximum Gasteiger partial charge on any atom is 0.291 e. The second-order valence-electron chi connectivity index (χ2n) is 5.70. The minimum Gasteiger partial charge on any atom is -0.451 e. The standard InChI is InChI=1S/C19H14ClN3O5/c1-21-18(24)11-2-4-12(5-3-11)22-19(25)17-9-8-16(28-17)14-7-6-13(23(26)27)10-15(14)20/h2-10H,1H3,(H,21,24)(H,22,25). The van der Waals surface area contributed by atoms with Crippen LogP contribution < -0.4 is 10.6 Å². The number of nitro groups is 1. The number of amides is 2. The zero-order valence-corrected chi connectivity index (χ0v) is 15.3. The van der Waals surface area contributed by atoms with Crippen LogP contribution >= 0.6 is 11.6 Å². The highest BCUT2D eigenvalue weighted by molar-refractivity contribution is 6.33. The third-order valence-corrected chi connectivity index (χ3v) is 4.20. The molecule has 9 heteroatoms. The molecular formula is C19H14ClN3O5. The largest absolute Gasteiger partial charge is 0.451 e. The summed E-state index contributed by atoms with van der Waals surface area (Å²) in [5.41, 5.74) is 1.25. The fraction of sp³-hybridized carbons (Fsp3) is 0.0526. The van der Waals surface area contributed by atoms with E-state index < -0.39 is 10.8 Å². The Morgan fingerprint density at radius 1 is 1.04 bits per heavy atom. The number of non-ortho nitro benzene ring substituents is 1. The molecule has 8 nitrogen and oxygen atoms in total. The molecule has 3 rings (SSSR count). The van der Waals surface area contributed by atoms with Gasteiger partial charge in [0.25, 0.3) is 17.5 Å². The summed E-state index contributed by atoms with van der Waals surface area (Å²) in [7, 11) is 1.53. The highest BCUT2D eigenvalue weighted by Gasteiger charge is 2.16. The molecule has 0 fully saturated rings. The van der Waals surface area contributed by atoms with Crippen molar-refractivity contribution in [2.24, 2.45) is 0 Å². The van der Waals surface area contributed by atoms with Gasteiger partial charge in [0, 0.05) is 36.0 Å². The second kappa shape index (κ2) is 7.93. The topological polar surface area (TPSA) is 114 Å². The lowest BCUT2D eigenvalue weighted by Crippen LogP contribution is -2.17. The number of carbonyl (C=O) groups excluding carboxylic acids is 2.